The zero-order valence-corrected chi connectivity index (χ0v) is 15.7. The van der Waals surface area contributed by atoms with Gasteiger partial charge in [0.05, 0.1) is 13.7 Å². The predicted octanol–water partition coefficient (Wildman–Crippen LogP) is 1.88. The Morgan fingerprint density at radius 2 is 2.15 bits per heavy atom. The van der Waals surface area contributed by atoms with Gasteiger partial charge in [-0.1, -0.05) is 12.1 Å². The van der Waals surface area contributed by atoms with Gasteiger partial charge < -0.3 is 19.9 Å². The van der Waals surface area contributed by atoms with Gasteiger partial charge in [0.1, 0.15) is 18.2 Å². The number of nitrogens with zero attached hydrogens (tertiary/aromatic N) is 1. The van der Waals surface area contributed by atoms with E-state index in [2.05, 4.69) is 11.9 Å². The van der Waals surface area contributed by atoms with Gasteiger partial charge in [-0.3, -0.25) is 9.69 Å². The number of methoxy groups -OCH3 is 1. The molecule has 0 spiro atoms. The van der Waals surface area contributed by atoms with Gasteiger partial charge in [-0.2, -0.15) is 0 Å². The van der Waals surface area contributed by atoms with Gasteiger partial charge in [-0.05, 0) is 49.8 Å². The number of β-amino-alcohol motifs (C(OH)–C–C–N with tert-alkyl or cyclic N) is 1. The third kappa shape index (κ3) is 3.93. The number of amides is 3. The first-order valence-electron chi connectivity index (χ1n) is 9.11. The van der Waals surface area contributed by atoms with Crippen molar-refractivity contribution in [3.63, 3.8) is 0 Å². The van der Waals surface area contributed by atoms with Crippen molar-refractivity contribution in [2.45, 2.75) is 37.8 Å². The number of allylic oxidation sites excluding steroid dienone is 1. The molecule has 7 nitrogen and oxygen atoms in total. The summed E-state index contributed by atoms with van der Waals surface area (Å²) < 4.78 is 11.0. The molecule has 2 fully saturated rings. The minimum atomic E-state index is -1.00. The predicted molar refractivity (Wildman–Crippen MR) is 99.8 cm³/mol. The Kier molecular flexibility index (Phi) is 5.41. The standard InChI is InChI=1S/C20H26N2O5/c1-4-5-13-6-9-16(17(10-13)26-3)27-12-15(23)11-22-18(24)20(2,14-7-8-14)21-19(22)25/h4,6,9-10,14-15,23H,1,5,7-8,11-12H2,2-3H3,(H,21,25)/t15-,20+/m1/s1. The van der Waals surface area contributed by atoms with Gasteiger partial charge in [-0.15, -0.1) is 6.58 Å². The summed E-state index contributed by atoms with van der Waals surface area (Å²) in [5.74, 6) is 0.952. The van der Waals surface area contributed by atoms with Gasteiger partial charge in [0, 0.05) is 0 Å². The number of ether oxygens (including phenoxy) is 2. The second-order valence-corrected chi connectivity index (χ2v) is 7.27. The summed E-state index contributed by atoms with van der Waals surface area (Å²) >= 11 is 0. The van der Waals surface area contributed by atoms with E-state index in [9.17, 15) is 14.7 Å². The van der Waals surface area contributed by atoms with Crippen molar-refractivity contribution in [2.75, 3.05) is 20.3 Å². The Balaban J connectivity index is 1.58. The Bertz CT molecular complexity index is 746. The van der Waals surface area contributed by atoms with E-state index in [1.165, 1.54) is 0 Å². The van der Waals surface area contributed by atoms with E-state index in [4.69, 9.17) is 9.47 Å². The maximum Gasteiger partial charge on any atom is 0.325 e. The molecule has 0 unspecified atom stereocenters. The smallest absolute Gasteiger partial charge is 0.325 e. The molecule has 1 saturated carbocycles. The first-order valence-corrected chi connectivity index (χ1v) is 9.11. The molecule has 1 aliphatic carbocycles. The van der Waals surface area contributed by atoms with Crippen molar-refractivity contribution in [3.05, 3.63) is 36.4 Å². The second kappa shape index (κ2) is 7.60. The zero-order valence-electron chi connectivity index (χ0n) is 15.7. The Morgan fingerprint density at radius 1 is 1.41 bits per heavy atom. The molecular weight excluding hydrogens is 348 g/mol. The molecule has 7 heteroatoms. The highest BCUT2D eigenvalue weighted by atomic mass is 16.5. The van der Waals surface area contributed by atoms with E-state index in [0.29, 0.717) is 17.9 Å². The van der Waals surface area contributed by atoms with Crippen LogP contribution in [-0.2, 0) is 11.2 Å². The normalized spacial score (nSPS) is 23.1. The SMILES string of the molecule is C=CCc1ccc(OC[C@H](O)CN2C(=O)N[C@@](C)(C3CC3)C2=O)c(OC)c1. The minimum Gasteiger partial charge on any atom is -0.493 e. The van der Waals surface area contributed by atoms with Crippen molar-refractivity contribution < 1.29 is 24.2 Å². The lowest BCUT2D eigenvalue weighted by atomic mass is 9.96. The van der Waals surface area contributed by atoms with Crippen LogP contribution in [0.1, 0.15) is 25.3 Å². The first kappa shape index (κ1) is 19.2. The first-order chi connectivity index (χ1) is 12.9. The lowest BCUT2D eigenvalue weighted by Gasteiger charge is -2.22. The van der Waals surface area contributed by atoms with Crippen molar-refractivity contribution in [2.24, 2.45) is 5.92 Å². The van der Waals surface area contributed by atoms with Crippen LogP contribution in [0.15, 0.2) is 30.9 Å². The lowest BCUT2D eigenvalue weighted by molar-refractivity contribution is -0.132. The average Bonchev–Trinajstić information content (AvgIpc) is 3.47. The van der Waals surface area contributed by atoms with Gasteiger partial charge in [0.25, 0.3) is 5.91 Å². The summed E-state index contributed by atoms with van der Waals surface area (Å²) in [4.78, 5) is 25.8. The maximum absolute atomic E-state index is 12.6. The molecule has 3 amide bonds. The quantitative estimate of drug-likeness (QED) is 0.509. The number of carbonyl (C=O) groups is 2. The summed E-state index contributed by atoms with van der Waals surface area (Å²) in [5.41, 5.74) is 0.190. The van der Waals surface area contributed by atoms with E-state index in [1.807, 2.05) is 12.1 Å². The fourth-order valence-corrected chi connectivity index (χ4v) is 3.39. The third-order valence-corrected chi connectivity index (χ3v) is 5.13. The van der Waals surface area contributed by atoms with Crippen LogP contribution in [0.3, 0.4) is 0 Å². The molecule has 3 rings (SSSR count). The second-order valence-electron chi connectivity index (χ2n) is 7.27. The number of imide groups is 1. The van der Waals surface area contributed by atoms with Crippen molar-refractivity contribution >= 4 is 11.9 Å². The molecule has 27 heavy (non-hydrogen) atoms. The number of hydrogen-bond donors (Lipinski definition) is 2. The van der Waals surface area contributed by atoms with Crippen LogP contribution in [0.5, 0.6) is 11.5 Å². The summed E-state index contributed by atoms with van der Waals surface area (Å²) in [5, 5.41) is 13.0. The van der Waals surface area contributed by atoms with Crippen LogP contribution in [0, 0.1) is 5.92 Å². The van der Waals surface area contributed by atoms with Crippen LogP contribution < -0.4 is 14.8 Å². The molecule has 2 atom stereocenters. The van der Waals surface area contributed by atoms with E-state index < -0.39 is 17.7 Å². The number of aliphatic hydroxyl groups is 1. The van der Waals surface area contributed by atoms with Gasteiger partial charge in [0.2, 0.25) is 0 Å². The van der Waals surface area contributed by atoms with Crippen LogP contribution in [-0.4, -0.2) is 53.8 Å². The molecular formula is C20H26N2O5. The van der Waals surface area contributed by atoms with Gasteiger partial charge >= 0.3 is 6.03 Å². The molecule has 1 aromatic rings. The number of hydrogen-bond acceptors (Lipinski definition) is 5. The Hall–Kier alpha value is -2.54. The van der Waals surface area contributed by atoms with Crippen molar-refractivity contribution in [3.8, 4) is 11.5 Å². The fraction of sp³-hybridized carbons (Fsp3) is 0.500. The molecule has 2 aliphatic rings. The van der Waals surface area contributed by atoms with Gasteiger partial charge in [-0.25, -0.2) is 4.79 Å². The number of aliphatic hydroxyl groups excluding tert-OH is 1. The highest BCUT2D eigenvalue weighted by Crippen LogP contribution is 2.42. The fourth-order valence-electron chi connectivity index (χ4n) is 3.39. The van der Waals surface area contributed by atoms with Crippen LogP contribution in [0.25, 0.3) is 0 Å². The molecule has 1 heterocycles. The summed E-state index contributed by atoms with van der Waals surface area (Å²) in [6.07, 6.45) is 3.38. The monoisotopic (exact) mass is 374 g/mol. The highest BCUT2D eigenvalue weighted by Gasteiger charge is 2.56. The van der Waals surface area contributed by atoms with Gasteiger partial charge in [0.15, 0.2) is 11.5 Å². The van der Waals surface area contributed by atoms with E-state index in [0.717, 1.165) is 23.3 Å². The largest absolute Gasteiger partial charge is 0.493 e. The van der Waals surface area contributed by atoms with Crippen molar-refractivity contribution in [1.82, 2.24) is 10.2 Å². The minimum absolute atomic E-state index is 0.0611. The molecule has 0 bridgehead atoms. The Labute approximate surface area is 158 Å². The summed E-state index contributed by atoms with van der Waals surface area (Å²) in [7, 11) is 1.54. The molecule has 1 saturated heterocycles. The Morgan fingerprint density at radius 3 is 2.78 bits per heavy atom. The third-order valence-electron chi connectivity index (χ3n) is 5.13. The number of urea groups is 1. The molecule has 0 radical (unpaired) electrons. The molecule has 1 aliphatic heterocycles. The molecule has 2 N–H and O–H groups in total. The average molecular weight is 374 g/mol. The zero-order chi connectivity index (χ0) is 19.6. The van der Waals surface area contributed by atoms with E-state index in [1.54, 1.807) is 26.2 Å². The summed E-state index contributed by atoms with van der Waals surface area (Å²) in [6, 6.07) is 5.05. The molecule has 1 aromatic carbocycles. The lowest BCUT2D eigenvalue weighted by Crippen LogP contribution is -2.46. The van der Waals surface area contributed by atoms with E-state index >= 15 is 0 Å². The highest BCUT2D eigenvalue weighted by molar-refractivity contribution is 6.07. The number of nitrogens with one attached hydrogen (secondary N) is 1. The number of carbonyl (C=O) groups excluding carboxylic acids is 2. The van der Waals surface area contributed by atoms with Crippen molar-refractivity contribution in [1.29, 1.82) is 0 Å². The maximum atomic E-state index is 12.6. The topological polar surface area (TPSA) is 88.1 Å². The van der Waals surface area contributed by atoms with Crippen LogP contribution in [0.2, 0.25) is 0 Å². The number of benzene rings is 1. The van der Waals surface area contributed by atoms with E-state index in [-0.39, 0.29) is 25.0 Å². The van der Waals surface area contributed by atoms with Crippen LogP contribution in [0.4, 0.5) is 4.79 Å². The molecule has 146 valence electrons. The number of rotatable bonds is 9. The van der Waals surface area contributed by atoms with Crippen LogP contribution >= 0.6 is 0 Å². The molecule has 0 aromatic heterocycles. The summed E-state index contributed by atoms with van der Waals surface area (Å²) in [6.45, 7) is 5.29.